The van der Waals surface area contributed by atoms with Crippen molar-refractivity contribution in [1.29, 1.82) is 0 Å². The fourth-order valence-corrected chi connectivity index (χ4v) is 6.33. The van der Waals surface area contributed by atoms with Gasteiger partial charge in [-0.15, -0.1) is 0 Å². The lowest BCUT2D eigenvalue weighted by atomic mass is 10.0. The largest absolute Gasteiger partial charge is 0.496 e. The van der Waals surface area contributed by atoms with Crippen molar-refractivity contribution in [2.24, 2.45) is 0 Å². The van der Waals surface area contributed by atoms with Crippen molar-refractivity contribution in [1.82, 2.24) is 31.5 Å². The molecule has 1 saturated heterocycles. The third kappa shape index (κ3) is 11.2. The summed E-state index contributed by atoms with van der Waals surface area (Å²) in [6.45, 7) is 1.69. The number of carbonyl (C=O) groups is 6. The van der Waals surface area contributed by atoms with E-state index >= 15 is 0 Å². The van der Waals surface area contributed by atoms with E-state index in [-0.39, 0.29) is 50.8 Å². The number of rotatable bonds is 6. The molecule has 6 amide bonds. The Labute approximate surface area is 319 Å². The highest BCUT2D eigenvalue weighted by Crippen LogP contribution is 2.35. The number of hydrogen-bond acceptors (Lipinski definition) is 9. The van der Waals surface area contributed by atoms with Gasteiger partial charge in [0.25, 0.3) is 5.91 Å². The van der Waals surface area contributed by atoms with E-state index in [1.807, 2.05) is 30.3 Å². The lowest BCUT2D eigenvalue weighted by Crippen LogP contribution is -2.55. The Bertz CT molecular complexity index is 1870. The Morgan fingerprint density at radius 3 is 2.35 bits per heavy atom. The maximum Gasteiger partial charge on any atom is 0.251 e. The van der Waals surface area contributed by atoms with Gasteiger partial charge in [-0.1, -0.05) is 30.3 Å². The molecule has 0 radical (unpaired) electrons. The minimum absolute atomic E-state index is 0.0704. The Morgan fingerprint density at radius 2 is 1.62 bits per heavy atom. The summed E-state index contributed by atoms with van der Waals surface area (Å²) >= 11 is 0. The highest BCUT2D eigenvalue weighted by molar-refractivity contribution is 5.96. The van der Waals surface area contributed by atoms with Crippen LogP contribution in [0.15, 0.2) is 66.7 Å². The Kier molecular flexibility index (Phi) is 14.0. The standard InChI is InChI=1S/C40H48N6O9/c1-25-37(49)42-23-28-12-14-29(22-33(28)54-3)55-34-21-27(13-17-32(34)53-2)38(50)41-19-7-8-20-46(40(52)31-16-18-35(47)45-31)24-36(48)44-30(39(51)43-25)15-11-26-9-5-4-6-10-26/h4-6,9-10,12-14,17,21-22,25,30-31H,7-8,11,15-16,18-20,23-24H2,1-3H3,(H,41,50)(H,42,49)(H,43,51)(H,44,48)(H,45,47)/t25-,30-,31+/m0/s1. The summed E-state index contributed by atoms with van der Waals surface area (Å²) in [6.07, 6.45) is 2.09. The third-order valence-corrected chi connectivity index (χ3v) is 9.41. The van der Waals surface area contributed by atoms with Crippen LogP contribution in [-0.4, -0.2) is 92.3 Å². The molecule has 15 nitrogen and oxygen atoms in total. The van der Waals surface area contributed by atoms with Gasteiger partial charge in [0.15, 0.2) is 11.5 Å². The highest BCUT2D eigenvalue weighted by atomic mass is 16.5. The lowest BCUT2D eigenvalue weighted by molar-refractivity contribution is -0.139. The summed E-state index contributed by atoms with van der Waals surface area (Å²) < 4.78 is 17.2. The number of carbonyl (C=O) groups excluding carboxylic acids is 6. The monoisotopic (exact) mass is 756 g/mol. The molecule has 1 fully saturated rings. The molecule has 0 aromatic heterocycles. The molecule has 0 saturated carbocycles. The van der Waals surface area contributed by atoms with Crippen molar-refractivity contribution in [2.75, 3.05) is 33.9 Å². The van der Waals surface area contributed by atoms with E-state index in [0.29, 0.717) is 59.8 Å². The number of methoxy groups -OCH3 is 2. The highest BCUT2D eigenvalue weighted by Gasteiger charge is 2.32. The van der Waals surface area contributed by atoms with Crippen molar-refractivity contribution in [3.63, 3.8) is 0 Å². The van der Waals surface area contributed by atoms with Crippen LogP contribution in [0.5, 0.6) is 23.0 Å². The van der Waals surface area contributed by atoms with E-state index in [0.717, 1.165) is 5.56 Å². The minimum atomic E-state index is -1.03. The van der Waals surface area contributed by atoms with Crippen molar-refractivity contribution in [3.8, 4) is 23.0 Å². The first kappa shape index (κ1) is 40.1. The van der Waals surface area contributed by atoms with E-state index in [4.69, 9.17) is 14.2 Å². The topological polar surface area (TPSA) is 193 Å². The summed E-state index contributed by atoms with van der Waals surface area (Å²) in [6, 6.07) is 16.6. The number of ether oxygens (including phenoxy) is 3. The van der Waals surface area contributed by atoms with Crippen molar-refractivity contribution >= 4 is 35.4 Å². The van der Waals surface area contributed by atoms with Gasteiger partial charge in [0.2, 0.25) is 29.5 Å². The normalized spacial score (nSPS) is 20.4. The molecule has 3 atom stereocenters. The average molecular weight is 757 g/mol. The number of nitrogens with one attached hydrogen (secondary N) is 5. The van der Waals surface area contributed by atoms with Crippen LogP contribution in [0.4, 0.5) is 0 Å². The number of amides is 6. The van der Waals surface area contributed by atoms with Crippen LogP contribution in [0.1, 0.15) is 60.5 Å². The molecule has 6 rings (SSSR count). The first-order valence-corrected chi connectivity index (χ1v) is 18.3. The van der Waals surface area contributed by atoms with Gasteiger partial charge < -0.3 is 45.7 Å². The van der Waals surface area contributed by atoms with E-state index in [1.165, 1.54) is 19.1 Å². The van der Waals surface area contributed by atoms with Gasteiger partial charge in [-0.2, -0.15) is 0 Å². The summed E-state index contributed by atoms with van der Waals surface area (Å²) in [5.41, 5.74) is 1.92. The second-order valence-electron chi connectivity index (χ2n) is 13.4. The maximum absolute atomic E-state index is 13.7. The Morgan fingerprint density at radius 1 is 0.836 bits per heavy atom. The molecule has 3 aromatic carbocycles. The van der Waals surface area contributed by atoms with Crippen LogP contribution >= 0.6 is 0 Å². The zero-order valence-electron chi connectivity index (χ0n) is 31.3. The molecule has 5 N–H and O–H groups in total. The molecule has 0 spiro atoms. The predicted molar refractivity (Wildman–Crippen MR) is 202 cm³/mol. The first-order valence-electron chi connectivity index (χ1n) is 18.3. The van der Waals surface area contributed by atoms with Crippen molar-refractivity contribution in [3.05, 3.63) is 83.4 Å². The Balaban J connectivity index is 1.39. The van der Waals surface area contributed by atoms with Crippen LogP contribution in [-0.2, 0) is 36.9 Å². The van der Waals surface area contributed by atoms with Crippen LogP contribution < -0.4 is 40.8 Å². The number of aryl methyl sites for hydroxylation is 1. The van der Waals surface area contributed by atoms with Crippen LogP contribution in [0.3, 0.4) is 0 Å². The number of fused-ring (bicyclic) bond motifs is 18. The molecule has 292 valence electrons. The molecule has 4 bridgehead atoms. The fraction of sp³-hybridized carbons (Fsp3) is 0.400. The van der Waals surface area contributed by atoms with Gasteiger partial charge >= 0.3 is 0 Å². The molecular weight excluding hydrogens is 708 g/mol. The second kappa shape index (κ2) is 19.3. The smallest absolute Gasteiger partial charge is 0.251 e. The molecule has 3 aromatic rings. The molecule has 55 heavy (non-hydrogen) atoms. The van der Waals surface area contributed by atoms with E-state index < -0.39 is 41.8 Å². The average Bonchev–Trinajstić information content (AvgIpc) is 3.63. The third-order valence-electron chi connectivity index (χ3n) is 9.41. The Hall–Kier alpha value is -6.12. The zero-order chi connectivity index (χ0) is 39.3. The van der Waals surface area contributed by atoms with E-state index in [9.17, 15) is 28.8 Å². The SMILES string of the molecule is COc1cc2ccc1CNC(=O)[C@H](C)NC(=O)[C@H](CCc1ccccc1)NC(=O)CN(C(=O)[C@H]1CCC(=O)N1)CCCCNC(=O)c1ccc(OC)c(c1)O2. The quantitative estimate of drug-likeness (QED) is 0.235. The first-order chi connectivity index (χ1) is 26.5. The van der Waals surface area contributed by atoms with Crippen molar-refractivity contribution < 1.29 is 43.0 Å². The fourth-order valence-electron chi connectivity index (χ4n) is 6.33. The van der Waals surface area contributed by atoms with Crippen LogP contribution in [0, 0.1) is 0 Å². The van der Waals surface area contributed by atoms with Gasteiger partial charge in [0.05, 0.1) is 20.8 Å². The van der Waals surface area contributed by atoms with E-state index in [1.54, 1.807) is 43.3 Å². The molecule has 3 heterocycles. The number of nitrogens with zero attached hydrogens (tertiary/aromatic N) is 1. The van der Waals surface area contributed by atoms with Crippen LogP contribution in [0.2, 0.25) is 0 Å². The second-order valence-corrected chi connectivity index (χ2v) is 13.4. The number of benzene rings is 3. The molecule has 0 aliphatic carbocycles. The van der Waals surface area contributed by atoms with Crippen molar-refractivity contribution in [2.45, 2.75) is 70.1 Å². The molecule has 0 unspecified atom stereocenters. The van der Waals surface area contributed by atoms with E-state index in [2.05, 4.69) is 26.6 Å². The predicted octanol–water partition coefficient (Wildman–Crippen LogP) is 2.37. The van der Waals surface area contributed by atoms with Crippen LogP contribution in [0.25, 0.3) is 0 Å². The summed E-state index contributed by atoms with van der Waals surface area (Å²) in [5, 5.41) is 13.9. The zero-order valence-corrected chi connectivity index (χ0v) is 31.3. The van der Waals surface area contributed by atoms with Gasteiger partial charge in [0, 0.05) is 43.2 Å². The summed E-state index contributed by atoms with van der Waals surface area (Å²) in [4.78, 5) is 80.5. The molecule has 15 heteroatoms. The minimum Gasteiger partial charge on any atom is -0.496 e. The molecular formula is C40H48N6O9. The van der Waals surface area contributed by atoms with Gasteiger partial charge in [-0.05, 0) is 74.9 Å². The molecule has 3 aliphatic heterocycles. The lowest BCUT2D eigenvalue weighted by Gasteiger charge is -2.27. The van der Waals surface area contributed by atoms with Gasteiger partial charge in [-0.3, -0.25) is 28.8 Å². The maximum atomic E-state index is 13.7. The number of hydrogen-bond donors (Lipinski definition) is 5. The van der Waals surface area contributed by atoms with Gasteiger partial charge in [-0.25, -0.2) is 0 Å². The summed E-state index contributed by atoms with van der Waals surface area (Å²) in [5.74, 6) is -1.09. The molecule has 3 aliphatic rings. The van der Waals surface area contributed by atoms with Gasteiger partial charge in [0.1, 0.15) is 29.6 Å². The summed E-state index contributed by atoms with van der Waals surface area (Å²) in [7, 11) is 2.98.